The second kappa shape index (κ2) is 6.18. The Kier molecular flexibility index (Phi) is 4.58. The van der Waals surface area contributed by atoms with Crippen molar-refractivity contribution >= 4 is 45.8 Å². The van der Waals surface area contributed by atoms with Gasteiger partial charge in [0, 0.05) is 27.7 Å². The van der Waals surface area contributed by atoms with Gasteiger partial charge in [-0.25, -0.2) is 0 Å². The minimum atomic E-state index is 0.358. The number of hydrogen-bond acceptors (Lipinski definition) is 3. The van der Waals surface area contributed by atoms with E-state index in [1.54, 1.807) is 17.4 Å². The van der Waals surface area contributed by atoms with E-state index >= 15 is 0 Å². The number of halogens is 1. The van der Waals surface area contributed by atoms with Crippen LogP contribution in [0.4, 0.5) is 5.69 Å². The highest BCUT2D eigenvalue weighted by Gasteiger charge is 2.05. The number of anilines is 1. The van der Waals surface area contributed by atoms with Crippen LogP contribution >= 0.6 is 35.2 Å². The monoisotopic (exact) mass is 296 g/mol. The normalized spacial score (nSPS) is 10.3. The fourth-order valence-electron chi connectivity index (χ4n) is 1.65. The molecule has 2 nitrogen and oxygen atoms in total. The number of thiocarbonyl (C=S) groups is 1. The Balaban J connectivity index is 2.02. The van der Waals surface area contributed by atoms with Crippen LogP contribution in [0, 0.1) is 0 Å². The summed E-state index contributed by atoms with van der Waals surface area (Å²) in [6.07, 6.45) is 0.983. The minimum absolute atomic E-state index is 0.358. The fourth-order valence-corrected chi connectivity index (χ4v) is 2.70. The average molecular weight is 297 g/mol. The minimum Gasteiger partial charge on any atom is -0.389 e. The Hall–Kier alpha value is -1.10. The Morgan fingerprint density at radius 2 is 2.22 bits per heavy atom. The van der Waals surface area contributed by atoms with Gasteiger partial charge in [0.25, 0.3) is 0 Å². The molecular weight excluding hydrogens is 284 g/mol. The van der Waals surface area contributed by atoms with Gasteiger partial charge in [0.1, 0.15) is 4.99 Å². The number of nitrogens with one attached hydrogen (secondary N) is 1. The van der Waals surface area contributed by atoms with Gasteiger partial charge in [-0.3, -0.25) is 0 Å². The van der Waals surface area contributed by atoms with E-state index in [4.69, 9.17) is 29.6 Å². The topological polar surface area (TPSA) is 38.0 Å². The van der Waals surface area contributed by atoms with Gasteiger partial charge in [-0.15, -0.1) is 11.3 Å². The van der Waals surface area contributed by atoms with E-state index in [1.165, 1.54) is 4.88 Å². The number of thiophene rings is 1. The Morgan fingerprint density at radius 1 is 1.39 bits per heavy atom. The molecule has 0 amide bonds. The fraction of sp³-hybridized carbons (Fsp3) is 0.154. The molecule has 0 unspecified atom stereocenters. The van der Waals surface area contributed by atoms with Crippen molar-refractivity contribution in [3.63, 3.8) is 0 Å². The molecule has 0 spiro atoms. The second-order valence-corrected chi connectivity index (χ2v) is 5.72. The van der Waals surface area contributed by atoms with Crippen LogP contribution in [0.5, 0.6) is 0 Å². The zero-order valence-electron chi connectivity index (χ0n) is 9.65. The van der Waals surface area contributed by atoms with Gasteiger partial charge < -0.3 is 11.1 Å². The smallest absolute Gasteiger partial charge is 0.106 e. The molecule has 0 aliphatic carbocycles. The van der Waals surface area contributed by atoms with Crippen molar-refractivity contribution in [1.82, 2.24) is 0 Å². The summed E-state index contributed by atoms with van der Waals surface area (Å²) in [6, 6.07) is 9.71. The third-order valence-electron chi connectivity index (χ3n) is 2.51. The maximum Gasteiger partial charge on any atom is 0.106 e. The molecule has 3 N–H and O–H groups in total. The van der Waals surface area contributed by atoms with Crippen LogP contribution in [0.15, 0.2) is 35.7 Å². The number of hydrogen-bond donors (Lipinski definition) is 2. The van der Waals surface area contributed by atoms with E-state index in [0.29, 0.717) is 10.0 Å². The molecule has 2 aromatic rings. The van der Waals surface area contributed by atoms with Crippen molar-refractivity contribution in [3.05, 3.63) is 51.2 Å². The van der Waals surface area contributed by atoms with Gasteiger partial charge in [-0.05, 0) is 36.1 Å². The summed E-state index contributed by atoms with van der Waals surface area (Å²) in [5.41, 5.74) is 7.41. The first-order valence-electron chi connectivity index (χ1n) is 5.52. The molecule has 0 aliphatic rings. The predicted octanol–water partition coefficient (Wildman–Crippen LogP) is 3.69. The van der Waals surface area contributed by atoms with E-state index in [0.717, 1.165) is 24.2 Å². The first-order valence-corrected chi connectivity index (χ1v) is 7.19. The highest BCUT2D eigenvalue weighted by molar-refractivity contribution is 7.80. The van der Waals surface area contributed by atoms with Crippen LogP contribution in [-0.4, -0.2) is 11.5 Å². The summed E-state index contributed by atoms with van der Waals surface area (Å²) in [5, 5.41) is 6.06. The lowest BCUT2D eigenvalue weighted by Gasteiger charge is -2.11. The summed E-state index contributed by atoms with van der Waals surface area (Å²) in [6.45, 7) is 0.845. The molecule has 0 fully saturated rings. The molecule has 0 aliphatic heterocycles. The summed E-state index contributed by atoms with van der Waals surface area (Å²) in [5.74, 6) is 0. The largest absolute Gasteiger partial charge is 0.389 e. The van der Waals surface area contributed by atoms with Crippen molar-refractivity contribution in [2.75, 3.05) is 11.9 Å². The van der Waals surface area contributed by atoms with Crippen LogP contribution in [-0.2, 0) is 6.42 Å². The predicted molar refractivity (Wildman–Crippen MR) is 83.9 cm³/mol. The van der Waals surface area contributed by atoms with Gasteiger partial charge in [0.2, 0.25) is 0 Å². The van der Waals surface area contributed by atoms with Crippen molar-refractivity contribution in [2.24, 2.45) is 5.73 Å². The van der Waals surface area contributed by atoms with Gasteiger partial charge in [0.15, 0.2) is 0 Å². The van der Waals surface area contributed by atoms with Crippen LogP contribution in [0.2, 0.25) is 5.02 Å². The Bertz CT molecular complexity index is 538. The molecule has 18 heavy (non-hydrogen) atoms. The van der Waals surface area contributed by atoms with E-state index in [2.05, 4.69) is 22.8 Å². The highest BCUT2D eigenvalue weighted by atomic mass is 35.5. The lowest BCUT2D eigenvalue weighted by atomic mass is 10.1. The van der Waals surface area contributed by atoms with E-state index in [-0.39, 0.29) is 0 Å². The number of nitrogens with two attached hydrogens (primary N) is 1. The number of rotatable bonds is 5. The molecule has 0 saturated heterocycles. The Morgan fingerprint density at radius 3 is 2.89 bits per heavy atom. The molecule has 1 aromatic heterocycles. The molecule has 1 aromatic carbocycles. The lowest BCUT2D eigenvalue weighted by Crippen LogP contribution is -2.14. The molecule has 1 heterocycles. The molecule has 0 atom stereocenters. The molecule has 5 heteroatoms. The third-order valence-corrected chi connectivity index (χ3v) is 3.91. The highest BCUT2D eigenvalue weighted by Crippen LogP contribution is 2.21. The van der Waals surface area contributed by atoms with E-state index < -0.39 is 0 Å². The molecule has 0 saturated carbocycles. The molecular formula is C13H13ClN2S2. The second-order valence-electron chi connectivity index (χ2n) is 3.81. The molecule has 0 bridgehead atoms. The molecule has 94 valence electrons. The van der Waals surface area contributed by atoms with Gasteiger partial charge in [0.05, 0.1) is 0 Å². The zero-order chi connectivity index (χ0) is 13.0. The Labute approximate surface area is 121 Å². The third kappa shape index (κ3) is 3.45. The van der Waals surface area contributed by atoms with Crippen LogP contribution < -0.4 is 11.1 Å². The van der Waals surface area contributed by atoms with Crippen molar-refractivity contribution < 1.29 is 0 Å². The van der Waals surface area contributed by atoms with E-state index in [1.807, 2.05) is 12.1 Å². The zero-order valence-corrected chi connectivity index (χ0v) is 12.0. The van der Waals surface area contributed by atoms with Crippen molar-refractivity contribution in [1.29, 1.82) is 0 Å². The SMILES string of the molecule is NC(=S)c1cc(Cl)ccc1NCCc1cccs1. The van der Waals surface area contributed by atoms with Crippen LogP contribution in [0.1, 0.15) is 10.4 Å². The lowest BCUT2D eigenvalue weighted by molar-refractivity contribution is 1.04. The molecule has 2 rings (SSSR count). The van der Waals surface area contributed by atoms with Gasteiger partial charge in [-0.1, -0.05) is 29.9 Å². The standard InChI is InChI=1S/C13H13ClN2S2/c14-9-3-4-12(11(8-9)13(15)17)16-6-5-10-2-1-7-18-10/h1-4,7-8,16H,5-6H2,(H2,15,17). The summed E-state index contributed by atoms with van der Waals surface area (Å²) in [7, 11) is 0. The first-order chi connectivity index (χ1) is 8.66. The number of benzene rings is 1. The van der Waals surface area contributed by atoms with Crippen LogP contribution in [0.25, 0.3) is 0 Å². The summed E-state index contributed by atoms with van der Waals surface area (Å²) < 4.78 is 0. The quantitative estimate of drug-likeness (QED) is 0.827. The van der Waals surface area contributed by atoms with E-state index in [9.17, 15) is 0 Å². The van der Waals surface area contributed by atoms with Gasteiger partial charge >= 0.3 is 0 Å². The summed E-state index contributed by atoms with van der Waals surface area (Å²) in [4.78, 5) is 1.71. The van der Waals surface area contributed by atoms with Crippen molar-refractivity contribution in [3.8, 4) is 0 Å². The van der Waals surface area contributed by atoms with Crippen molar-refractivity contribution in [2.45, 2.75) is 6.42 Å². The van der Waals surface area contributed by atoms with Crippen LogP contribution in [0.3, 0.4) is 0 Å². The maximum absolute atomic E-state index is 5.93. The van der Waals surface area contributed by atoms with Gasteiger partial charge in [-0.2, -0.15) is 0 Å². The average Bonchev–Trinajstić information content (AvgIpc) is 2.84. The maximum atomic E-state index is 5.93. The first kappa shape index (κ1) is 13.3. The molecule has 0 radical (unpaired) electrons. The summed E-state index contributed by atoms with van der Waals surface area (Å²) >= 11 is 12.7.